The van der Waals surface area contributed by atoms with Crippen LogP contribution < -0.4 is 0 Å². The molecular formula is C14H20BrNO4. The van der Waals surface area contributed by atoms with Gasteiger partial charge in [-0.3, -0.25) is 0 Å². The summed E-state index contributed by atoms with van der Waals surface area (Å²) < 4.78 is 6.08. The molecule has 0 radical (unpaired) electrons. The molecule has 0 aliphatic rings. The number of ether oxygens (including phenoxy) is 1. The maximum absolute atomic E-state index is 12.0. The molecule has 0 heterocycles. The number of rotatable bonds is 4. The lowest BCUT2D eigenvalue weighted by Gasteiger charge is -2.27. The number of phenols is 1. The monoisotopic (exact) mass is 345 g/mol. The number of aliphatic hydroxyl groups excluding tert-OH is 1. The number of carbonyl (C=O) groups is 1. The number of hydrogen-bond donors (Lipinski definition) is 2. The summed E-state index contributed by atoms with van der Waals surface area (Å²) in [4.78, 5) is 13.4. The van der Waals surface area contributed by atoms with Crippen molar-refractivity contribution in [2.45, 2.75) is 32.9 Å². The summed E-state index contributed by atoms with van der Waals surface area (Å²) in [7, 11) is 0. The first-order chi connectivity index (χ1) is 9.23. The minimum absolute atomic E-state index is 0.0969. The van der Waals surface area contributed by atoms with Crippen molar-refractivity contribution in [3.8, 4) is 5.75 Å². The largest absolute Gasteiger partial charge is 0.508 e. The second-order valence-electron chi connectivity index (χ2n) is 5.40. The van der Waals surface area contributed by atoms with Crippen LogP contribution in [0.5, 0.6) is 5.75 Å². The minimum Gasteiger partial charge on any atom is -0.508 e. The molecule has 5 nitrogen and oxygen atoms in total. The number of hydrogen-bond acceptors (Lipinski definition) is 4. The Hall–Kier alpha value is -1.27. The molecule has 1 rings (SSSR count). The van der Waals surface area contributed by atoms with Crippen LogP contribution >= 0.6 is 15.9 Å². The van der Waals surface area contributed by atoms with Gasteiger partial charge in [0.2, 0.25) is 0 Å². The average molecular weight is 346 g/mol. The first-order valence-electron chi connectivity index (χ1n) is 6.29. The van der Waals surface area contributed by atoms with Gasteiger partial charge in [0.05, 0.1) is 13.2 Å². The smallest absolute Gasteiger partial charge is 0.410 e. The second kappa shape index (κ2) is 6.95. The van der Waals surface area contributed by atoms with Gasteiger partial charge in [-0.2, -0.15) is 0 Å². The van der Waals surface area contributed by atoms with Gasteiger partial charge in [0.25, 0.3) is 0 Å². The van der Waals surface area contributed by atoms with Gasteiger partial charge >= 0.3 is 6.09 Å². The van der Waals surface area contributed by atoms with Crippen molar-refractivity contribution in [3.63, 3.8) is 0 Å². The molecule has 0 bridgehead atoms. The number of aromatic hydroxyl groups is 1. The highest BCUT2D eigenvalue weighted by Crippen LogP contribution is 2.24. The molecule has 0 aromatic heterocycles. The van der Waals surface area contributed by atoms with E-state index in [4.69, 9.17) is 9.84 Å². The van der Waals surface area contributed by atoms with Crippen LogP contribution in [0.25, 0.3) is 0 Å². The van der Waals surface area contributed by atoms with E-state index in [0.29, 0.717) is 5.56 Å². The van der Waals surface area contributed by atoms with E-state index in [1.54, 1.807) is 39.0 Å². The Labute approximate surface area is 127 Å². The topological polar surface area (TPSA) is 70.0 Å². The molecule has 112 valence electrons. The Morgan fingerprint density at radius 3 is 2.60 bits per heavy atom. The Bertz CT molecular complexity index is 471. The number of carbonyl (C=O) groups excluding carboxylic acids is 1. The van der Waals surface area contributed by atoms with Crippen LogP contribution in [0.3, 0.4) is 0 Å². The van der Waals surface area contributed by atoms with Gasteiger partial charge in [0.15, 0.2) is 0 Å². The lowest BCUT2D eigenvalue weighted by atomic mass is 10.2. The van der Waals surface area contributed by atoms with E-state index in [0.717, 1.165) is 4.47 Å². The van der Waals surface area contributed by atoms with Crippen molar-refractivity contribution in [1.82, 2.24) is 4.90 Å². The molecule has 0 atom stereocenters. The summed E-state index contributed by atoms with van der Waals surface area (Å²) in [5.41, 5.74) is -0.0249. The van der Waals surface area contributed by atoms with Crippen molar-refractivity contribution < 1.29 is 19.7 Å². The van der Waals surface area contributed by atoms with Crippen LogP contribution in [0.1, 0.15) is 26.3 Å². The molecule has 0 fully saturated rings. The molecule has 1 aromatic carbocycles. The second-order valence-corrected chi connectivity index (χ2v) is 6.31. The van der Waals surface area contributed by atoms with Gasteiger partial charge in [-0.25, -0.2) is 4.79 Å². The molecule has 2 N–H and O–H groups in total. The molecule has 1 amide bonds. The summed E-state index contributed by atoms with van der Waals surface area (Å²) in [6.07, 6.45) is -0.522. The van der Waals surface area contributed by atoms with Crippen molar-refractivity contribution in [2.75, 3.05) is 13.2 Å². The first kappa shape index (κ1) is 16.8. The van der Waals surface area contributed by atoms with E-state index in [1.165, 1.54) is 4.90 Å². The highest BCUT2D eigenvalue weighted by molar-refractivity contribution is 9.10. The summed E-state index contributed by atoms with van der Waals surface area (Å²) >= 11 is 3.32. The van der Waals surface area contributed by atoms with Crippen LogP contribution in [0.4, 0.5) is 4.79 Å². The summed E-state index contributed by atoms with van der Waals surface area (Å²) in [6.45, 7) is 5.46. The van der Waals surface area contributed by atoms with Crippen molar-refractivity contribution in [1.29, 1.82) is 0 Å². The van der Waals surface area contributed by atoms with E-state index >= 15 is 0 Å². The van der Waals surface area contributed by atoms with E-state index in [9.17, 15) is 9.90 Å². The molecule has 1 aromatic rings. The SMILES string of the molecule is CC(C)(C)OC(=O)N(CCO)Cc1cc(Br)ccc1O. The van der Waals surface area contributed by atoms with Gasteiger partial charge in [-0.05, 0) is 39.0 Å². The summed E-state index contributed by atoms with van der Waals surface area (Å²) in [6, 6.07) is 4.98. The van der Waals surface area contributed by atoms with E-state index in [-0.39, 0.29) is 25.4 Å². The van der Waals surface area contributed by atoms with Gasteiger partial charge in [0.1, 0.15) is 11.4 Å². The van der Waals surface area contributed by atoms with Gasteiger partial charge in [-0.1, -0.05) is 15.9 Å². The zero-order chi connectivity index (χ0) is 15.3. The van der Waals surface area contributed by atoms with Crippen LogP contribution in [-0.4, -0.2) is 40.0 Å². The number of aliphatic hydroxyl groups is 1. The fourth-order valence-corrected chi connectivity index (χ4v) is 1.98. The Morgan fingerprint density at radius 2 is 2.05 bits per heavy atom. The number of nitrogens with zero attached hydrogens (tertiary/aromatic N) is 1. The lowest BCUT2D eigenvalue weighted by molar-refractivity contribution is 0.0200. The number of halogens is 1. The first-order valence-corrected chi connectivity index (χ1v) is 7.08. The number of amides is 1. The maximum atomic E-state index is 12.0. The highest BCUT2D eigenvalue weighted by Gasteiger charge is 2.22. The quantitative estimate of drug-likeness (QED) is 0.880. The molecule has 0 spiro atoms. The zero-order valence-corrected chi connectivity index (χ0v) is 13.5. The fourth-order valence-electron chi connectivity index (χ4n) is 1.57. The third-order valence-electron chi connectivity index (χ3n) is 2.42. The molecule has 0 aliphatic carbocycles. The number of benzene rings is 1. The molecule has 0 aliphatic heterocycles. The van der Waals surface area contributed by atoms with Gasteiger partial charge < -0.3 is 19.8 Å². The summed E-state index contributed by atoms with van der Waals surface area (Å²) in [5.74, 6) is 0.0969. The molecule has 6 heteroatoms. The van der Waals surface area contributed by atoms with Crippen LogP contribution in [-0.2, 0) is 11.3 Å². The van der Waals surface area contributed by atoms with E-state index in [2.05, 4.69) is 15.9 Å². The van der Waals surface area contributed by atoms with Crippen LogP contribution in [0.2, 0.25) is 0 Å². The predicted molar refractivity (Wildman–Crippen MR) is 79.5 cm³/mol. The van der Waals surface area contributed by atoms with E-state index in [1.807, 2.05) is 0 Å². The van der Waals surface area contributed by atoms with Crippen LogP contribution in [0.15, 0.2) is 22.7 Å². The van der Waals surface area contributed by atoms with Crippen molar-refractivity contribution in [2.24, 2.45) is 0 Å². The Kier molecular flexibility index (Phi) is 5.83. The standard InChI is InChI=1S/C14H20BrNO4/c1-14(2,3)20-13(19)16(6-7-17)9-10-8-11(15)4-5-12(10)18/h4-5,8,17-18H,6-7,9H2,1-3H3. The molecule has 0 saturated carbocycles. The number of phenolic OH excluding ortho intramolecular Hbond substituents is 1. The van der Waals surface area contributed by atoms with Crippen molar-refractivity contribution >= 4 is 22.0 Å². The van der Waals surface area contributed by atoms with Crippen LogP contribution in [0, 0.1) is 0 Å². The minimum atomic E-state index is -0.607. The maximum Gasteiger partial charge on any atom is 0.410 e. The molecular weight excluding hydrogens is 326 g/mol. The highest BCUT2D eigenvalue weighted by atomic mass is 79.9. The van der Waals surface area contributed by atoms with Gasteiger partial charge in [0, 0.05) is 16.6 Å². The third kappa shape index (κ3) is 5.38. The predicted octanol–water partition coefficient (Wildman–Crippen LogP) is 2.88. The molecule has 0 unspecified atom stereocenters. The Morgan fingerprint density at radius 1 is 1.40 bits per heavy atom. The van der Waals surface area contributed by atoms with Gasteiger partial charge in [-0.15, -0.1) is 0 Å². The Balaban J connectivity index is 2.86. The fraction of sp³-hybridized carbons (Fsp3) is 0.500. The average Bonchev–Trinajstić information content (AvgIpc) is 2.31. The summed E-state index contributed by atoms with van der Waals surface area (Å²) in [5, 5.41) is 18.9. The molecule has 20 heavy (non-hydrogen) atoms. The van der Waals surface area contributed by atoms with Crippen molar-refractivity contribution in [3.05, 3.63) is 28.2 Å². The normalized spacial score (nSPS) is 11.2. The zero-order valence-electron chi connectivity index (χ0n) is 11.9. The third-order valence-corrected chi connectivity index (χ3v) is 2.92. The molecule has 0 saturated heterocycles. The lowest BCUT2D eigenvalue weighted by Crippen LogP contribution is -2.38. The van der Waals surface area contributed by atoms with E-state index < -0.39 is 11.7 Å².